The first-order valence-electron chi connectivity index (χ1n) is 6.83. The second-order valence-corrected chi connectivity index (χ2v) is 5.99. The second-order valence-electron chi connectivity index (χ2n) is 4.68. The lowest BCUT2D eigenvalue weighted by Gasteiger charge is -2.24. The number of hydrogen-bond donors (Lipinski definition) is 0. The fourth-order valence-corrected chi connectivity index (χ4v) is 2.77. The summed E-state index contributed by atoms with van der Waals surface area (Å²) in [6, 6.07) is 10.00. The lowest BCUT2D eigenvalue weighted by molar-refractivity contribution is -0.130. The normalized spacial score (nSPS) is 12.1. The van der Waals surface area contributed by atoms with Crippen LogP contribution in [0.2, 0.25) is 0 Å². The van der Waals surface area contributed by atoms with Crippen molar-refractivity contribution >= 4 is 17.7 Å². The largest absolute Gasteiger partial charge is 0.338 e. The number of benzene rings is 1. The Hall–Kier alpha value is -1.89. The number of aryl methyl sites for hydroxylation is 1. The first kappa shape index (κ1) is 15.5. The fourth-order valence-electron chi connectivity index (χ4n) is 1.94. The molecule has 0 aliphatic heterocycles. The number of rotatable bonds is 6. The molecule has 21 heavy (non-hydrogen) atoms. The van der Waals surface area contributed by atoms with Gasteiger partial charge in [-0.3, -0.25) is 4.79 Å². The van der Waals surface area contributed by atoms with E-state index in [1.54, 1.807) is 11.7 Å². The molecule has 0 saturated heterocycles. The zero-order chi connectivity index (χ0) is 15.2. The van der Waals surface area contributed by atoms with Crippen LogP contribution in [0, 0.1) is 0 Å². The number of amides is 1. The van der Waals surface area contributed by atoms with Gasteiger partial charge in [0, 0.05) is 20.1 Å². The third kappa shape index (κ3) is 4.04. The van der Waals surface area contributed by atoms with Gasteiger partial charge in [-0.1, -0.05) is 42.1 Å². The van der Waals surface area contributed by atoms with Gasteiger partial charge in [0.2, 0.25) is 11.1 Å². The van der Waals surface area contributed by atoms with Crippen LogP contribution in [0.15, 0.2) is 35.5 Å². The van der Waals surface area contributed by atoms with Gasteiger partial charge in [0.05, 0.1) is 5.25 Å². The van der Waals surface area contributed by atoms with Gasteiger partial charge in [-0.05, 0) is 29.8 Å². The van der Waals surface area contributed by atoms with Crippen LogP contribution in [0.1, 0.15) is 19.4 Å². The first-order valence-corrected chi connectivity index (χ1v) is 7.71. The topological polar surface area (TPSA) is 63.9 Å². The van der Waals surface area contributed by atoms with E-state index in [4.69, 9.17) is 0 Å². The summed E-state index contributed by atoms with van der Waals surface area (Å²) < 4.78 is 1.57. The number of hydrogen-bond acceptors (Lipinski definition) is 5. The van der Waals surface area contributed by atoms with Crippen molar-refractivity contribution in [3.8, 4) is 0 Å². The van der Waals surface area contributed by atoms with Crippen LogP contribution in [0.3, 0.4) is 0 Å². The third-order valence-electron chi connectivity index (χ3n) is 3.12. The van der Waals surface area contributed by atoms with Crippen LogP contribution < -0.4 is 0 Å². The molecule has 2 rings (SSSR count). The van der Waals surface area contributed by atoms with Crippen LogP contribution >= 0.6 is 11.8 Å². The van der Waals surface area contributed by atoms with Gasteiger partial charge in [-0.25, -0.2) is 4.68 Å². The molecule has 0 bridgehead atoms. The molecule has 2 aromatic rings. The maximum atomic E-state index is 12.5. The van der Waals surface area contributed by atoms with Crippen molar-refractivity contribution < 1.29 is 4.79 Å². The van der Waals surface area contributed by atoms with E-state index in [0.29, 0.717) is 18.2 Å². The molecule has 1 amide bonds. The van der Waals surface area contributed by atoms with Crippen molar-refractivity contribution in [1.82, 2.24) is 25.1 Å². The molecule has 0 saturated carbocycles. The molecule has 112 valence electrons. The van der Waals surface area contributed by atoms with E-state index >= 15 is 0 Å². The summed E-state index contributed by atoms with van der Waals surface area (Å²) in [5.74, 6) is 0.0920. The SMILES string of the molecule is CCN(Cc1ccccc1)C(=O)C(C)Sc1nnnn1C. The molecule has 1 aromatic carbocycles. The highest BCUT2D eigenvalue weighted by Gasteiger charge is 2.22. The minimum Gasteiger partial charge on any atom is -0.338 e. The van der Waals surface area contributed by atoms with Gasteiger partial charge in [0.15, 0.2) is 0 Å². The zero-order valence-corrected chi connectivity index (χ0v) is 13.2. The molecular weight excluding hydrogens is 286 g/mol. The highest BCUT2D eigenvalue weighted by atomic mass is 32.2. The first-order chi connectivity index (χ1) is 10.1. The van der Waals surface area contributed by atoms with Gasteiger partial charge < -0.3 is 4.90 Å². The smallest absolute Gasteiger partial charge is 0.236 e. The van der Waals surface area contributed by atoms with E-state index in [0.717, 1.165) is 5.56 Å². The Morgan fingerprint density at radius 2 is 2.10 bits per heavy atom. The number of carbonyl (C=O) groups excluding carboxylic acids is 1. The van der Waals surface area contributed by atoms with Crippen LogP contribution in [0.5, 0.6) is 0 Å². The number of aromatic nitrogens is 4. The summed E-state index contributed by atoms with van der Waals surface area (Å²) in [5, 5.41) is 11.7. The summed E-state index contributed by atoms with van der Waals surface area (Å²) >= 11 is 1.37. The minimum absolute atomic E-state index is 0.0920. The Labute approximate surface area is 128 Å². The molecule has 0 N–H and O–H groups in total. The van der Waals surface area contributed by atoms with Gasteiger partial charge in [-0.2, -0.15) is 0 Å². The van der Waals surface area contributed by atoms with Crippen molar-refractivity contribution in [3.05, 3.63) is 35.9 Å². The van der Waals surface area contributed by atoms with Gasteiger partial charge in [0.25, 0.3) is 0 Å². The molecule has 0 fully saturated rings. The average Bonchev–Trinajstić information content (AvgIpc) is 2.90. The molecular formula is C14H19N5OS. The van der Waals surface area contributed by atoms with Crippen LogP contribution in [0.25, 0.3) is 0 Å². The van der Waals surface area contributed by atoms with Crippen LogP contribution in [-0.4, -0.2) is 42.8 Å². The summed E-state index contributed by atoms with van der Waals surface area (Å²) in [6.45, 7) is 5.17. The molecule has 1 unspecified atom stereocenters. The van der Waals surface area contributed by atoms with Crippen LogP contribution in [-0.2, 0) is 18.4 Å². The maximum absolute atomic E-state index is 12.5. The standard InChI is InChI=1S/C14H19N5OS/c1-4-19(10-12-8-6-5-7-9-12)13(20)11(2)21-14-15-16-17-18(14)3/h5-9,11H,4,10H2,1-3H3. The maximum Gasteiger partial charge on any atom is 0.236 e. The third-order valence-corrected chi connectivity index (χ3v) is 4.23. The second kappa shape index (κ2) is 7.21. The Kier molecular flexibility index (Phi) is 5.32. The molecule has 1 heterocycles. The number of nitrogens with zero attached hydrogens (tertiary/aromatic N) is 5. The van der Waals surface area contributed by atoms with E-state index in [-0.39, 0.29) is 11.2 Å². The van der Waals surface area contributed by atoms with Crippen LogP contribution in [0.4, 0.5) is 0 Å². The Balaban J connectivity index is 2.00. The molecule has 1 atom stereocenters. The Bertz CT molecular complexity index is 586. The summed E-state index contributed by atoms with van der Waals surface area (Å²) in [4.78, 5) is 14.4. The fraction of sp³-hybridized carbons (Fsp3) is 0.429. The zero-order valence-electron chi connectivity index (χ0n) is 12.4. The average molecular weight is 305 g/mol. The van der Waals surface area contributed by atoms with Gasteiger partial charge in [0.1, 0.15) is 0 Å². The van der Waals surface area contributed by atoms with Gasteiger partial charge in [-0.15, -0.1) is 5.10 Å². The van der Waals surface area contributed by atoms with Gasteiger partial charge >= 0.3 is 0 Å². The predicted molar refractivity (Wildman–Crippen MR) is 81.7 cm³/mol. The van der Waals surface area contributed by atoms with E-state index in [1.165, 1.54) is 11.8 Å². The number of tetrazole rings is 1. The molecule has 0 spiro atoms. The molecule has 0 aliphatic rings. The van der Waals surface area contributed by atoms with Crippen molar-refractivity contribution in [2.45, 2.75) is 30.8 Å². The number of carbonyl (C=O) groups is 1. The minimum atomic E-state index is -0.224. The summed E-state index contributed by atoms with van der Waals surface area (Å²) in [7, 11) is 1.76. The molecule has 0 radical (unpaired) electrons. The lowest BCUT2D eigenvalue weighted by atomic mass is 10.2. The quantitative estimate of drug-likeness (QED) is 0.761. The Morgan fingerprint density at radius 1 is 1.38 bits per heavy atom. The van der Waals surface area contributed by atoms with E-state index < -0.39 is 0 Å². The lowest BCUT2D eigenvalue weighted by Crippen LogP contribution is -2.36. The highest BCUT2D eigenvalue weighted by Crippen LogP contribution is 2.21. The van der Waals surface area contributed by atoms with E-state index in [9.17, 15) is 4.79 Å². The molecule has 0 aliphatic carbocycles. The van der Waals surface area contributed by atoms with E-state index in [2.05, 4.69) is 15.5 Å². The summed E-state index contributed by atoms with van der Waals surface area (Å²) in [5.41, 5.74) is 1.13. The predicted octanol–water partition coefficient (Wildman–Crippen LogP) is 1.74. The van der Waals surface area contributed by atoms with Crippen molar-refractivity contribution in [3.63, 3.8) is 0 Å². The molecule has 7 heteroatoms. The van der Waals surface area contributed by atoms with Crippen molar-refractivity contribution in [2.75, 3.05) is 6.54 Å². The summed E-state index contributed by atoms with van der Waals surface area (Å²) in [6.07, 6.45) is 0. The Morgan fingerprint density at radius 3 is 2.67 bits per heavy atom. The van der Waals surface area contributed by atoms with E-state index in [1.807, 2.05) is 49.1 Å². The number of thioether (sulfide) groups is 1. The molecule has 1 aromatic heterocycles. The van der Waals surface area contributed by atoms with Crippen molar-refractivity contribution in [2.24, 2.45) is 7.05 Å². The monoisotopic (exact) mass is 305 g/mol. The van der Waals surface area contributed by atoms with Crippen molar-refractivity contribution in [1.29, 1.82) is 0 Å². The highest BCUT2D eigenvalue weighted by molar-refractivity contribution is 8.00. The molecule has 6 nitrogen and oxygen atoms in total.